The quantitative estimate of drug-likeness (QED) is 0.426. The van der Waals surface area contributed by atoms with E-state index in [0.29, 0.717) is 5.78 Å². The van der Waals surface area contributed by atoms with Crippen LogP contribution in [-0.2, 0) is 4.79 Å². The highest BCUT2D eigenvalue weighted by Crippen LogP contribution is 2.22. The molecule has 1 aliphatic carbocycles. The Kier molecular flexibility index (Phi) is 0.685. The molecule has 0 aromatic heterocycles. The molecular formula is C5H7O. The molecule has 0 heterocycles. The Morgan fingerprint density at radius 3 is 2.00 bits per heavy atom. The predicted octanol–water partition coefficient (Wildman–Crippen LogP) is 0.944. The van der Waals surface area contributed by atoms with Gasteiger partial charge >= 0.3 is 0 Å². The molecule has 1 rings (SSSR count). The number of rotatable bonds is 0. The molecule has 1 heteroatoms. The second-order valence-electron chi connectivity index (χ2n) is 1.85. The molecule has 0 bridgehead atoms. The van der Waals surface area contributed by atoms with Crippen molar-refractivity contribution in [3.8, 4) is 0 Å². The van der Waals surface area contributed by atoms with Crippen LogP contribution in [0.25, 0.3) is 0 Å². The Balaban J connectivity index is 2.28. The standard InChI is InChI=1S/C5H7O/c1-4-2-5(6)3-4/h2-3H2,1H3. The fourth-order valence-electron chi connectivity index (χ4n) is 0.621. The molecule has 0 aliphatic heterocycles. The van der Waals surface area contributed by atoms with E-state index < -0.39 is 0 Å². The number of carbonyl (C=O) groups excluding carboxylic acids is 1. The third kappa shape index (κ3) is 0.445. The van der Waals surface area contributed by atoms with Gasteiger partial charge in [-0.2, -0.15) is 0 Å². The summed E-state index contributed by atoms with van der Waals surface area (Å²) < 4.78 is 0. The van der Waals surface area contributed by atoms with Crippen LogP contribution in [0.5, 0.6) is 0 Å². The van der Waals surface area contributed by atoms with E-state index in [2.05, 4.69) is 0 Å². The average Bonchev–Trinajstić information content (AvgIpc) is 1.33. The van der Waals surface area contributed by atoms with Crippen LogP contribution in [0.3, 0.4) is 0 Å². The first-order valence-corrected chi connectivity index (χ1v) is 2.12. The summed E-state index contributed by atoms with van der Waals surface area (Å²) in [6.07, 6.45) is 1.50. The fraction of sp³-hybridized carbons (Fsp3) is 0.600. The third-order valence-electron chi connectivity index (χ3n) is 0.998. The maximum Gasteiger partial charge on any atom is 0.134 e. The van der Waals surface area contributed by atoms with Crippen LogP contribution < -0.4 is 0 Å². The summed E-state index contributed by atoms with van der Waals surface area (Å²) in [5, 5.41) is 0. The second kappa shape index (κ2) is 1.07. The highest BCUT2D eigenvalue weighted by molar-refractivity contribution is 5.88. The van der Waals surface area contributed by atoms with Gasteiger partial charge < -0.3 is 0 Å². The SMILES string of the molecule is C[C]1CC(=O)C1. The van der Waals surface area contributed by atoms with Crippen LogP contribution in [0.1, 0.15) is 19.8 Å². The monoisotopic (exact) mass is 83.0 g/mol. The molecule has 33 valence electrons. The predicted molar refractivity (Wildman–Crippen MR) is 23.2 cm³/mol. The Morgan fingerprint density at radius 2 is 2.00 bits per heavy atom. The van der Waals surface area contributed by atoms with Gasteiger partial charge in [-0.05, 0) is 5.92 Å². The molecule has 0 atom stereocenters. The molecule has 0 unspecified atom stereocenters. The molecule has 0 N–H and O–H groups in total. The minimum atomic E-state index is 0.396. The number of hydrogen-bond donors (Lipinski definition) is 0. The lowest BCUT2D eigenvalue weighted by Crippen LogP contribution is -2.17. The van der Waals surface area contributed by atoms with Gasteiger partial charge in [0.15, 0.2) is 0 Å². The summed E-state index contributed by atoms with van der Waals surface area (Å²) in [4.78, 5) is 10.1. The van der Waals surface area contributed by atoms with Crippen LogP contribution >= 0.6 is 0 Å². The van der Waals surface area contributed by atoms with Crippen LogP contribution in [0.4, 0.5) is 0 Å². The number of Topliss-reactive ketones (excluding diaryl/α,β-unsaturated/α-hetero) is 1. The summed E-state index contributed by atoms with van der Waals surface area (Å²) in [5.41, 5.74) is 0. The number of carbonyl (C=O) groups is 1. The van der Waals surface area contributed by atoms with Gasteiger partial charge in [-0.3, -0.25) is 4.79 Å². The van der Waals surface area contributed by atoms with Crippen LogP contribution in [0, 0.1) is 5.92 Å². The minimum absolute atomic E-state index is 0.396. The molecule has 1 radical (unpaired) electrons. The zero-order valence-electron chi connectivity index (χ0n) is 3.82. The summed E-state index contributed by atoms with van der Waals surface area (Å²) >= 11 is 0. The van der Waals surface area contributed by atoms with Gasteiger partial charge in [0.2, 0.25) is 0 Å². The summed E-state index contributed by atoms with van der Waals surface area (Å²) in [5.74, 6) is 1.73. The van der Waals surface area contributed by atoms with Crippen molar-refractivity contribution in [1.29, 1.82) is 0 Å². The van der Waals surface area contributed by atoms with Crippen molar-refractivity contribution in [3.05, 3.63) is 5.92 Å². The lowest BCUT2D eigenvalue weighted by atomic mass is 9.86. The van der Waals surface area contributed by atoms with E-state index in [1.807, 2.05) is 6.92 Å². The molecule has 0 spiro atoms. The summed E-state index contributed by atoms with van der Waals surface area (Å²) in [6.45, 7) is 2.02. The van der Waals surface area contributed by atoms with Crippen molar-refractivity contribution >= 4 is 5.78 Å². The summed E-state index contributed by atoms with van der Waals surface area (Å²) in [7, 11) is 0. The van der Waals surface area contributed by atoms with E-state index in [1.54, 1.807) is 0 Å². The van der Waals surface area contributed by atoms with Gasteiger partial charge in [0.25, 0.3) is 0 Å². The van der Waals surface area contributed by atoms with Crippen molar-refractivity contribution in [2.45, 2.75) is 19.8 Å². The molecule has 1 fully saturated rings. The first kappa shape index (κ1) is 3.85. The van der Waals surface area contributed by atoms with Gasteiger partial charge in [0.05, 0.1) is 0 Å². The maximum atomic E-state index is 10.1. The first-order chi connectivity index (χ1) is 2.79. The Bertz CT molecular complexity index is 68.0. The van der Waals surface area contributed by atoms with E-state index in [9.17, 15) is 4.79 Å². The molecule has 0 aromatic rings. The minimum Gasteiger partial charge on any atom is -0.300 e. The van der Waals surface area contributed by atoms with Crippen molar-refractivity contribution in [1.82, 2.24) is 0 Å². The van der Waals surface area contributed by atoms with Gasteiger partial charge in [0.1, 0.15) is 5.78 Å². The zero-order chi connectivity index (χ0) is 4.57. The number of ketones is 1. The molecule has 1 saturated carbocycles. The Morgan fingerprint density at radius 1 is 1.50 bits per heavy atom. The number of hydrogen-bond acceptors (Lipinski definition) is 1. The highest BCUT2D eigenvalue weighted by Gasteiger charge is 2.21. The Labute approximate surface area is 37.4 Å². The average molecular weight is 83.1 g/mol. The second-order valence-corrected chi connectivity index (χ2v) is 1.85. The molecule has 1 nitrogen and oxygen atoms in total. The largest absolute Gasteiger partial charge is 0.300 e. The van der Waals surface area contributed by atoms with Gasteiger partial charge in [-0.15, -0.1) is 0 Å². The normalized spacial score (nSPS) is 23.8. The van der Waals surface area contributed by atoms with Crippen molar-refractivity contribution in [2.75, 3.05) is 0 Å². The van der Waals surface area contributed by atoms with E-state index in [0.717, 1.165) is 12.8 Å². The topological polar surface area (TPSA) is 17.1 Å². The zero-order valence-corrected chi connectivity index (χ0v) is 3.82. The van der Waals surface area contributed by atoms with Gasteiger partial charge in [-0.25, -0.2) is 0 Å². The molecule has 0 amide bonds. The third-order valence-corrected chi connectivity index (χ3v) is 0.998. The van der Waals surface area contributed by atoms with Crippen LogP contribution in [-0.4, -0.2) is 5.78 Å². The highest BCUT2D eigenvalue weighted by atomic mass is 16.1. The maximum absolute atomic E-state index is 10.1. The van der Waals surface area contributed by atoms with E-state index in [1.165, 1.54) is 5.92 Å². The van der Waals surface area contributed by atoms with E-state index in [4.69, 9.17) is 0 Å². The molecule has 1 aliphatic rings. The van der Waals surface area contributed by atoms with Gasteiger partial charge in [-0.1, -0.05) is 6.92 Å². The van der Waals surface area contributed by atoms with E-state index >= 15 is 0 Å². The van der Waals surface area contributed by atoms with Crippen molar-refractivity contribution < 1.29 is 4.79 Å². The van der Waals surface area contributed by atoms with Crippen LogP contribution in [0.15, 0.2) is 0 Å². The molecule has 0 aromatic carbocycles. The first-order valence-electron chi connectivity index (χ1n) is 2.12. The smallest absolute Gasteiger partial charge is 0.134 e. The van der Waals surface area contributed by atoms with Crippen molar-refractivity contribution in [3.63, 3.8) is 0 Å². The van der Waals surface area contributed by atoms with Crippen LogP contribution in [0.2, 0.25) is 0 Å². The van der Waals surface area contributed by atoms with Gasteiger partial charge in [0, 0.05) is 12.8 Å². The van der Waals surface area contributed by atoms with Crippen molar-refractivity contribution in [2.24, 2.45) is 0 Å². The lowest BCUT2D eigenvalue weighted by molar-refractivity contribution is -0.121. The Hall–Kier alpha value is -0.330. The summed E-state index contributed by atoms with van der Waals surface area (Å²) in [6, 6.07) is 0. The molecular weight excluding hydrogens is 76.1 g/mol. The molecule has 6 heavy (non-hydrogen) atoms. The van der Waals surface area contributed by atoms with E-state index in [-0.39, 0.29) is 0 Å². The lowest BCUT2D eigenvalue weighted by Gasteiger charge is -2.16. The molecule has 0 saturated heterocycles. The fourth-order valence-corrected chi connectivity index (χ4v) is 0.621.